The standard InChI is InChI=1S/C22H20N2OS/c25-21(15-5-4-6-15)20-18-9-11-22(13-19(18)23-24-20,17-10-12-26-14-17)16-7-2-1-3-8-16/h1-3,7-12,14-15H,4-6,13H2,(H,23,24). The van der Waals surface area contributed by atoms with E-state index in [1.165, 1.54) is 11.1 Å². The van der Waals surface area contributed by atoms with E-state index in [1.54, 1.807) is 11.3 Å². The SMILES string of the molecule is O=C(c1n[nH]c2c1C=CC(c1ccccc1)(c1ccsc1)C2)C1CCC1. The Balaban J connectivity index is 1.59. The Morgan fingerprint density at radius 1 is 1.15 bits per heavy atom. The molecule has 2 heterocycles. The zero-order valence-corrected chi connectivity index (χ0v) is 15.3. The molecule has 2 aliphatic rings. The minimum Gasteiger partial charge on any atom is -0.292 e. The van der Waals surface area contributed by atoms with Gasteiger partial charge in [-0.15, -0.1) is 0 Å². The number of rotatable bonds is 4. The van der Waals surface area contributed by atoms with Crippen LogP contribution >= 0.6 is 11.3 Å². The second-order valence-electron chi connectivity index (χ2n) is 7.32. The van der Waals surface area contributed by atoms with Crippen LogP contribution in [0.25, 0.3) is 6.08 Å². The molecule has 1 aromatic carbocycles. The van der Waals surface area contributed by atoms with E-state index < -0.39 is 0 Å². The monoisotopic (exact) mass is 360 g/mol. The third-order valence-electron chi connectivity index (χ3n) is 5.91. The van der Waals surface area contributed by atoms with Crippen molar-refractivity contribution in [1.29, 1.82) is 0 Å². The van der Waals surface area contributed by atoms with Crippen LogP contribution in [0, 0.1) is 5.92 Å². The molecule has 2 aromatic heterocycles. The predicted molar refractivity (Wildman–Crippen MR) is 105 cm³/mol. The fourth-order valence-electron chi connectivity index (χ4n) is 4.13. The van der Waals surface area contributed by atoms with Crippen molar-refractivity contribution in [3.05, 3.63) is 81.3 Å². The molecule has 2 aliphatic carbocycles. The van der Waals surface area contributed by atoms with Crippen LogP contribution in [-0.2, 0) is 11.8 Å². The van der Waals surface area contributed by atoms with E-state index in [1.807, 2.05) is 6.07 Å². The Morgan fingerprint density at radius 2 is 2.00 bits per heavy atom. The summed E-state index contributed by atoms with van der Waals surface area (Å²) in [5.74, 6) is 0.384. The number of Topliss-reactive ketones (excluding diaryl/α,β-unsaturated/α-hetero) is 1. The first-order valence-corrected chi connectivity index (χ1v) is 10.1. The summed E-state index contributed by atoms with van der Waals surface area (Å²) in [6.07, 6.45) is 8.34. The number of nitrogens with one attached hydrogen (secondary N) is 1. The number of hydrogen-bond acceptors (Lipinski definition) is 3. The lowest BCUT2D eigenvalue weighted by atomic mass is 9.69. The molecule has 1 unspecified atom stereocenters. The van der Waals surface area contributed by atoms with Gasteiger partial charge in [0.2, 0.25) is 0 Å². The predicted octanol–water partition coefficient (Wildman–Crippen LogP) is 5.01. The maximum absolute atomic E-state index is 12.7. The number of ketones is 1. The zero-order valence-electron chi connectivity index (χ0n) is 14.4. The largest absolute Gasteiger partial charge is 0.292 e. The Kier molecular flexibility index (Phi) is 3.68. The van der Waals surface area contributed by atoms with Crippen molar-refractivity contribution in [3.63, 3.8) is 0 Å². The highest BCUT2D eigenvalue weighted by Gasteiger charge is 2.38. The summed E-state index contributed by atoms with van der Waals surface area (Å²) < 4.78 is 0. The highest BCUT2D eigenvalue weighted by Crippen LogP contribution is 2.43. The summed E-state index contributed by atoms with van der Waals surface area (Å²) in [6.45, 7) is 0. The summed E-state index contributed by atoms with van der Waals surface area (Å²) in [4.78, 5) is 12.7. The topological polar surface area (TPSA) is 45.8 Å². The Morgan fingerprint density at radius 3 is 2.69 bits per heavy atom. The quantitative estimate of drug-likeness (QED) is 0.665. The van der Waals surface area contributed by atoms with Crippen molar-refractivity contribution >= 4 is 23.2 Å². The summed E-state index contributed by atoms with van der Waals surface area (Å²) in [6, 6.07) is 12.8. The molecule has 3 aromatic rings. The van der Waals surface area contributed by atoms with Crippen molar-refractivity contribution in [2.45, 2.75) is 31.1 Å². The second-order valence-corrected chi connectivity index (χ2v) is 8.10. The van der Waals surface area contributed by atoms with Gasteiger partial charge in [-0.1, -0.05) is 48.9 Å². The van der Waals surface area contributed by atoms with Gasteiger partial charge in [0.15, 0.2) is 5.78 Å². The summed E-state index contributed by atoms with van der Waals surface area (Å²) >= 11 is 1.72. The molecule has 0 aliphatic heterocycles. The fourth-order valence-corrected chi connectivity index (χ4v) is 4.87. The van der Waals surface area contributed by atoms with Crippen LogP contribution in [0.15, 0.2) is 53.2 Å². The lowest BCUT2D eigenvalue weighted by Gasteiger charge is -2.33. The smallest absolute Gasteiger partial charge is 0.186 e. The van der Waals surface area contributed by atoms with E-state index in [0.717, 1.165) is 36.9 Å². The molecule has 26 heavy (non-hydrogen) atoms. The summed E-state index contributed by atoms with van der Waals surface area (Å²) in [5, 5.41) is 11.9. The number of aromatic nitrogens is 2. The van der Waals surface area contributed by atoms with E-state index >= 15 is 0 Å². The molecular formula is C22H20N2OS. The van der Waals surface area contributed by atoms with Crippen LogP contribution in [0.2, 0.25) is 0 Å². The van der Waals surface area contributed by atoms with E-state index in [0.29, 0.717) is 5.69 Å². The van der Waals surface area contributed by atoms with Gasteiger partial charge in [-0.2, -0.15) is 16.4 Å². The minimum atomic E-state index is -0.211. The van der Waals surface area contributed by atoms with Crippen molar-refractivity contribution in [2.24, 2.45) is 5.92 Å². The van der Waals surface area contributed by atoms with Crippen LogP contribution < -0.4 is 0 Å². The molecule has 0 amide bonds. The van der Waals surface area contributed by atoms with Gasteiger partial charge in [-0.05, 0) is 40.8 Å². The van der Waals surface area contributed by atoms with Gasteiger partial charge in [0.1, 0.15) is 5.69 Å². The number of hydrogen-bond donors (Lipinski definition) is 1. The molecular weight excluding hydrogens is 340 g/mol. The Hall–Kier alpha value is -2.46. The summed E-state index contributed by atoms with van der Waals surface area (Å²) in [5.41, 5.74) is 5.03. The highest BCUT2D eigenvalue weighted by molar-refractivity contribution is 7.08. The average molecular weight is 360 g/mol. The third kappa shape index (κ3) is 2.32. The van der Waals surface area contributed by atoms with Crippen LogP contribution in [-0.4, -0.2) is 16.0 Å². The molecule has 1 N–H and O–H groups in total. The first kappa shape index (κ1) is 15.8. The van der Waals surface area contributed by atoms with Gasteiger partial charge in [-0.25, -0.2) is 0 Å². The van der Waals surface area contributed by atoms with Gasteiger partial charge in [0.05, 0.1) is 0 Å². The number of nitrogens with zero attached hydrogens (tertiary/aromatic N) is 1. The molecule has 0 bridgehead atoms. The van der Waals surface area contributed by atoms with E-state index in [2.05, 4.69) is 63.4 Å². The number of thiophene rings is 1. The number of carbonyl (C=O) groups excluding carboxylic acids is 1. The molecule has 5 rings (SSSR count). The minimum absolute atomic E-state index is 0.175. The number of benzene rings is 1. The first-order valence-electron chi connectivity index (χ1n) is 9.17. The van der Waals surface area contributed by atoms with Gasteiger partial charge in [-0.3, -0.25) is 9.89 Å². The number of H-pyrrole nitrogens is 1. The highest BCUT2D eigenvalue weighted by atomic mass is 32.1. The molecule has 1 saturated carbocycles. The van der Waals surface area contributed by atoms with Crippen molar-refractivity contribution in [1.82, 2.24) is 10.2 Å². The number of allylic oxidation sites excluding steroid dienone is 1. The number of carbonyl (C=O) groups is 1. The summed E-state index contributed by atoms with van der Waals surface area (Å²) in [7, 11) is 0. The van der Waals surface area contributed by atoms with Gasteiger partial charge < -0.3 is 0 Å². The molecule has 0 spiro atoms. The van der Waals surface area contributed by atoms with Gasteiger partial charge in [0.25, 0.3) is 0 Å². The van der Waals surface area contributed by atoms with E-state index in [9.17, 15) is 4.79 Å². The van der Waals surface area contributed by atoms with Crippen LogP contribution in [0.3, 0.4) is 0 Å². The number of aromatic amines is 1. The van der Waals surface area contributed by atoms with Crippen LogP contribution in [0.4, 0.5) is 0 Å². The molecule has 0 radical (unpaired) electrons. The van der Waals surface area contributed by atoms with Gasteiger partial charge >= 0.3 is 0 Å². The number of fused-ring (bicyclic) bond motifs is 1. The molecule has 1 atom stereocenters. The van der Waals surface area contributed by atoms with E-state index in [-0.39, 0.29) is 17.1 Å². The van der Waals surface area contributed by atoms with Crippen LogP contribution in [0.1, 0.15) is 52.1 Å². The average Bonchev–Trinajstić information content (AvgIpc) is 3.30. The zero-order chi connectivity index (χ0) is 17.6. The van der Waals surface area contributed by atoms with E-state index in [4.69, 9.17) is 0 Å². The molecule has 3 nitrogen and oxygen atoms in total. The second kappa shape index (κ2) is 6.06. The van der Waals surface area contributed by atoms with Gasteiger partial charge in [0, 0.05) is 29.0 Å². The lowest BCUT2D eigenvalue weighted by Crippen LogP contribution is -2.30. The van der Waals surface area contributed by atoms with Crippen LogP contribution in [0.5, 0.6) is 0 Å². The van der Waals surface area contributed by atoms with Crippen molar-refractivity contribution in [3.8, 4) is 0 Å². The lowest BCUT2D eigenvalue weighted by molar-refractivity contribution is 0.0849. The third-order valence-corrected chi connectivity index (χ3v) is 6.59. The fraction of sp³-hybridized carbons (Fsp3) is 0.273. The maximum Gasteiger partial charge on any atom is 0.186 e. The normalized spacial score (nSPS) is 22.0. The molecule has 0 saturated heterocycles. The van der Waals surface area contributed by atoms with Crippen molar-refractivity contribution in [2.75, 3.05) is 0 Å². The molecule has 1 fully saturated rings. The Labute approximate surface area is 156 Å². The molecule has 4 heteroatoms. The maximum atomic E-state index is 12.7. The van der Waals surface area contributed by atoms with Crippen molar-refractivity contribution < 1.29 is 4.79 Å². The Bertz CT molecular complexity index is 967. The molecule has 130 valence electrons. The first-order chi connectivity index (χ1) is 12.8.